The van der Waals surface area contributed by atoms with E-state index in [9.17, 15) is 0 Å². The van der Waals surface area contributed by atoms with E-state index in [1.165, 1.54) is 11.1 Å². The molecule has 2 aliphatic heterocycles. The molecular formula is C48H46N4O2. The molecule has 6 nitrogen and oxygen atoms in total. The molecular weight excluding hydrogens is 665 g/mol. The Labute approximate surface area is 319 Å². The number of hydrogen-bond donors (Lipinski definition) is 0. The molecule has 0 amide bonds. The van der Waals surface area contributed by atoms with Crippen molar-refractivity contribution in [3.05, 3.63) is 191 Å². The molecule has 2 heterocycles. The molecule has 2 aliphatic rings. The van der Waals surface area contributed by atoms with Gasteiger partial charge >= 0.3 is 0 Å². The second-order valence-corrected chi connectivity index (χ2v) is 16.0. The quantitative estimate of drug-likeness (QED) is 0.165. The highest BCUT2D eigenvalue weighted by molar-refractivity contribution is 5.98. The Balaban J connectivity index is 1.01. The van der Waals surface area contributed by atoms with Crippen LogP contribution >= 0.6 is 0 Å². The highest BCUT2D eigenvalue weighted by Crippen LogP contribution is 2.38. The summed E-state index contributed by atoms with van der Waals surface area (Å²) >= 11 is 0. The molecule has 0 aromatic heterocycles. The van der Waals surface area contributed by atoms with Gasteiger partial charge in [-0.3, -0.25) is 0 Å². The van der Waals surface area contributed by atoms with Crippen molar-refractivity contribution in [2.45, 2.75) is 64.8 Å². The van der Waals surface area contributed by atoms with Crippen molar-refractivity contribution in [3.8, 4) is 11.1 Å². The first-order chi connectivity index (χ1) is 26.0. The molecule has 0 saturated carbocycles. The zero-order valence-corrected chi connectivity index (χ0v) is 31.8. The first kappa shape index (κ1) is 34.9. The van der Waals surface area contributed by atoms with Crippen LogP contribution in [-0.2, 0) is 20.3 Å². The van der Waals surface area contributed by atoms with Crippen LogP contribution in [0.15, 0.2) is 168 Å². The monoisotopic (exact) mass is 710 g/mol. The van der Waals surface area contributed by atoms with Crippen molar-refractivity contribution in [2.24, 2.45) is 10.2 Å². The number of ether oxygens (including phenoxy) is 2. The van der Waals surface area contributed by atoms with Crippen molar-refractivity contribution in [1.29, 1.82) is 0 Å². The maximum absolute atomic E-state index is 6.59. The zero-order chi connectivity index (χ0) is 37.5. The molecule has 0 saturated heterocycles. The van der Waals surface area contributed by atoms with Gasteiger partial charge in [-0.2, -0.15) is 0 Å². The highest BCUT2D eigenvalue weighted by Gasteiger charge is 2.33. The van der Waals surface area contributed by atoms with E-state index < -0.39 is 0 Å². The van der Waals surface area contributed by atoms with E-state index in [1.54, 1.807) is 0 Å². The lowest BCUT2D eigenvalue weighted by molar-refractivity contribution is 0.218. The molecule has 6 heteroatoms. The summed E-state index contributed by atoms with van der Waals surface area (Å²) in [5, 5.41) is 13.9. The van der Waals surface area contributed by atoms with Gasteiger partial charge in [0, 0.05) is 22.3 Å². The van der Waals surface area contributed by atoms with Gasteiger partial charge in [0.25, 0.3) is 0 Å². The van der Waals surface area contributed by atoms with Crippen molar-refractivity contribution < 1.29 is 9.47 Å². The molecule has 2 unspecified atom stereocenters. The first-order valence-electron chi connectivity index (χ1n) is 18.6. The van der Waals surface area contributed by atoms with Crippen LogP contribution in [0, 0.1) is 0 Å². The molecule has 6 aromatic carbocycles. The van der Waals surface area contributed by atoms with Gasteiger partial charge in [-0.25, -0.2) is 10.0 Å². The maximum Gasteiger partial charge on any atom is 0.241 e. The minimum absolute atomic E-state index is 0.0718. The lowest BCUT2D eigenvalue weighted by atomic mass is 9.86. The lowest BCUT2D eigenvalue weighted by Crippen LogP contribution is -2.20. The smallest absolute Gasteiger partial charge is 0.241 e. The number of hydrogen-bond acceptors (Lipinski definition) is 6. The Bertz CT molecular complexity index is 2100. The lowest BCUT2D eigenvalue weighted by Gasteiger charge is -2.24. The highest BCUT2D eigenvalue weighted by atomic mass is 16.5. The van der Waals surface area contributed by atoms with Crippen LogP contribution < -0.4 is 10.0 Å². The van der Waals surface area contributed by atoms with E-state index in [0.717, 1.165) is 44.8 Å². The number of rotatable bonds is 7. The average Bonchev–Trinajstić information content (AvgIpc) is 3.85. The molecule has 0 N–H and O–H groups in total. The fourth-order valence-electron chi connectivity index (χ4n) is 6.78. The molecule has 0 bridgehead atoms. The van der Waals surface area contributed by atoms with E-state index in [1.807, 2.05) is 46.4 Å². The van der Waals surface area contributed by atoms with Crippen molar-refractivity contribution in [3.63, 3.8) is 0 Å². The van der Waals surface area contributed by atoms with Crippen molar-refractivity contribution >= 4 is 23.2 Å². The van der Waals surface area contributed by atoms with Crippen LogP contribution in [0.5, 0.6) is 0 Å². The van der Waals surface area contributed by atoms with Crippen LogP contribution in [0.3, 0.4) is 0 Å². The number of benzene rings is 6. The van der Waals surface area contributed by atoms with Gasteiger partial charge in [-0.05, 0) is 81.6 Å². The van der Waals surface area contributed by atoms with Crippen LogP contribution in [0.1, 0.15) is 87.4 Å². The minimum Gasteiger partial charge on any atom is -0.446 e. The summed E-state index contributed by atoms with van der Waals surface area (Å²) < 4.78 is 13.2. The van der Waals surface area contributed by atoms with Crippen molar-refractivity contribution in [2.75, 3.05) is 10.0 Å². The summed E-state index contributed by atoms with van der Waals surface area (Å²) in [6, 6.07) is 54.5. The molecule has 0 spiro atoms. The Hall–Kier alpha value is -6.14. The number of anilines is 2. The molecule has 0 aliphatic carbocycles. The standard InChI is InChI=1S/C48H46N4O2/c1-47(2,3)39-29-25-37(26-30-39)45-51(41-13-9-7-10-14-41)49-43(53-45)35-21-17-33(18-22-35)34-19-23-36(24-20-34)44-50-52(42-15-11-8-12-16-42)46(54-44)38-27-31-40(32-28-38)48(4,5)6/h7-32,45-46H,1-6H3. The second kappa shape index (κ2) is 14.0. The van der Waals surface area contributed by atoms with E-state index >= 15 is 0 Å². The Morgan fingerprint density at radius 3 is 1.02 bits per heavy atom. The van der Waals surface area contributed by atoms with Gasteiger partial charge in [0.1, 0.15) is 0 Å². The predicted octanol–water partition coefficient (Wildman–Crippen LogP) is 11.7. The first-order valence-corrected chi connectivity index (χ1v) is 18.6. The van der Waals surface area contributed by atoms with Gasteiger partial charge in [0.05, 0.1) is 11.4 Å². The minimum atomic E-state index is -0.371. The number of nitrogens with zero attached hydrogens (tertiary/aromatic N) is 4. The third-order valence-electron chi connectivity index (χ3n) is 10.1. The third kappa shape index (κ3) is 7.12. The Morgan fingerprint density at radius 1 is 0.389 bits per heavy atom. The summed E-state index contributed by atoms with van der Waals surface area (Å²) in [7, 11) is 0. The van der Waals surface area contributed by atoms with Gasteiger partial charge in [-0.1, -0.05) is 151 Å². The van der Waals surface area contributed by atoms with Crippen LogP contribution in [-0.4, -0.2) is 11.8 Å². The zero-order valence-electron chi connectivity index (χ0n) is 31.8. The second-order valence-electron chi connectivity index (χ2n) is 16.0. The van der Waals surface area contributed by atoms with E-state index in [4.69, 9.17) is 19.7 Å². The number of para-hydroxylation sites is 2. The topological polar surface area (TPSA) is 49.7 Å². The van der Waals surface area contributed by atoms with Gasteiger partial charge in [0.15, 0.2) is 0 Å². The van der Waals surface area contributed by atoms with E-state index in [0.29, 0.717) is 11.8 Å². The maximum atomic E-state index is 6.59. The van der Waals surface area contributed by atoms with Crippen molar-refractivity contribution in [1.82, 2.24) is 0 Å². The normalized spacial score (nSPS) is 17.1. The molecule has 270 valence electrons. The SMILES string of the molecule is CC(C)(C)c1ccc(C2OC(c3ccc(-c4ccc(C5=NN(c6ccccc6)C(c6ccc(C(C)(C)C)cc6)O5)cc4)cc3)=NN2c2ccccc2)cc1. The van der Waals surface area contributed by atoms with E-state index in [-0.39, 0.29) is 23.3 Å². The van der Waals surface area contributed by atoms with Crippen LogP contribution in [0.4, 0.5) is 11.4 Å². The Morgan fingerprint density at radius 2 is 0.704 bits per heavy atom. The fourth-order valence-corrected chi connectivity index (χ4v) is 6.78. The predicted molar refractivity (Wildman–Crippen MR) is 221 cm³/mol. The largest absolute Gasteiger partial charge is 0.446 e. The molecule has 0 radical (unpaired) electrons. The summed E-state index contributed by atoms with van der Waals surface area (Å²) in [4.78, 5) is 0. The third-order valence-corrected chi connectivity index (χ3v) is 10.1. The summed E-state index contributed by atoms with van der Waals surface area (Å²) in [5.41, 5.74) is 10.8. The molecule has 0 fully saturated rings. The summed E-state index contributed by atoms with van der Waals surface area (Å²) in [6.45, 7) is 13.4. The van der Waals surface area contributed by atoms with Gasteiger partial charge in [0.2, 0.25) is 24.3 Å². The number of hydrazone groups is 2. The molecule has 8 rings (SSSR count). The van der Waals surface area contributed by atoms with Gasteiger partial charge in [-0.15, -0.1) is 10.2 Å². The molecule has 6 aromatic rings. The van der Waals surface area contributed by atoms with Crippen LogP contribution in [0.2, 0.25) is 0 Å². The van der Waals surface area contributed by atoms with Gasteiger partial charge < -0.3 is 9.47 Å². The van der Waals surface area contributed by atoms with E-state index in [2.05, 4.69) is 163 Å². The average molecular weight is 711 g/mol. The van der Waals surface area contributed by atoms with Crippen LogP contribution in [0.25, 0.3) is 11.1 Å². The molecule has 2 atom stereocenters. The summed E-state index contributed by atoms with van der Waals surface area (Å²) in [5.74, 6) is 1.18. The molecule has 54 heavy (non-hydrogen) atoms. The summed E-state index contributed by atoms with van der Waals surface area (Å²) in [6.07, 6.45) is -0.741. The Kier molecular flexibility index (Phi) is 9.06. The fraction of sp³-hybridized carbons (Fsp3) is 0.208.